The van der Waals surface area contributed by atoms with Crippen LogP contribution in [0.15, 0.2) is 24.3 Å². The van der Waals surface area contributed by atoms with Crippen LogP contribution in [0.2, 0.25) is 0 Å². The number of rotatable bonds is 0. The fourth-order valence-corrected chi connectivity index (χ4v) is 1.38. The first kappa shape index (κ1) is 18.4. The number of hydrogen-bond donors (Lipinski definition) is 1. The van der Waals surface area contributed by atoms with Crippen molar-refractivity contribution in [2.24, 2.45) is 0 Å². The molecule has 0 aliphatic carbocycles. The first-order valence-electron chi connectivity index (χ1n) is 4.12. The van der Waals surface area contributed by atoms with Crippen LogP contribution in [-0.4, -0.2) is 18.5 Å². The van der Waals surface area contributed by atoms with Gasteiger partial charge in [-0.1, -0.05) is 12.1 Å². The smallest absolute Gasteiger partial charge is 0.279 e. The highest BCUT2D eigenvalue weighted by atomic mass is 127. The van der Waals surface area contributed by atoms with E-state index in [0.717, 1.165) is 6.07 Å². The molecule has 0 spiro atoms. The lowest BCUT2D eigenvalue weighted by atomic mass is 10.2. The zero-order chi connectivity index (χ0) is 15.5. The Morgan fingerprint density at radius 2 is 1.37 bits per heavy atom. The van der Waals surface area contributed by atoms with Crippen LogP contribution in [0, 0.1) is 3.57 Å². The minimum Gasteiger partial charge on any atom is -0.279 e. The molecule has 0 fully saturated rings. The van der Waals surface area contributed by atoms with Crippen molar-refractivity contribution < 1.29 is 39.3 Å². The average Bonchev–Trinajstić information content (AvgIpc) is 2.14. The van der Waals surface area contributed by atoms with E-state index in [0.29, 0.717) is 0 Å². The van der Waals surface area contributed by atoms with E-state index in [1.54, 1.807) is 28.7 Å². The molecule has 1 aromatic rings. The van der Waals surface area contributed by atoms with Crippen molar-refractivity contribution in [2.45, 2.75) is 11.7 Å². The summed E-state index contributed by atoms with van der Waals surface area (Å²) in [6.45, 7) is 0. The standard InChI is InChI=1S/C7H4F3I.CHF3O3S/c8-7(9,10)5-3-1-2-4-6(5)11;2-1(3,4)8(5,6)7/h1-4H;(H,5,6,7). The molecule has 1 aromatic carbocycles. The normalized spacial score (nSPS) is 12.6. The molecule has 0 bridgehead atoms. The summed E-state index contributed by atoms with van der Waals surface area (Å²) in [5.41, 5.74) is -6.10. The Bertz CT molecular complexity index is 522. The molecule has 0 saturated carbocycles. The van der Waals surface area contributed by atoms with Gasteiger partial charge in [0.05, 0.1) is 5.56 Å². The van der Waals surface area contributed by atoms with Crippen LogP contribution in [-0.2, 0) is 16.3 Å². The molecule has 110 valence electrons. The molecule has 0 radical (unpaired) electrons. The molecule has 19 heavy (non-hydrogen) atoms. The van der Waals surface area contributed by atoms with E-state index < -0.39 is 27.4 Å². The predicted octanol–water partition coefficient (Wildman–Crippen LogP) is 3.70. The summed E-state index contributed by atoms with van der Waals surface area (Å²) in [5, 5.41) is 0. The molecule has 0 heterocycles. The third-order valence-electron chi connectivity index (χ3n) is 1.47. The maximum absolute atomic E-state index is 12.0. The Balaban J connectivity index is 0.000000362. The largest absolute Gasteiger partial charge is 0.522 e. The molecule has 0 aliphatic heterocycles. The van der Waals surface area contributed by atoms with Crippen molar-refractivity contribution in [1.29, 1.82) is 0 Å². The first-order valence-corrected chi connectivity index (χ1v) is 6.64. The summed E-state index contributed by atoms with van der Waals surface area (Å²) in [4.78, 5) is 0. The van der Waals surface area contributed by atoms with Gasteiger partial charge in [-0.25, -0.2) is 0 Å². The van der Waals surface area contributed by atoms with Crippen molar-refractivity contribution in [3.63, 3.8) is 0 Å². The minimum atomic E-state index is -5.84. The van der Waals surface area contributed by atoms with Crippen molar-refractivity contribution >= 4 is 32.7 Å². The van der Waals surface area contributed by atoms with E-state index in [1.807, 2.05) is 0 Å². The zero-order valence-electron chi connectivity index (χ0n) is 8.63. The third kappa shape index (κ3) is 6.42. The summed E-state index contributed by atoms with van der Waals surface area (Å²) in [7, 11) is -5.84. The molecular weight excluding hydrogens is 417 g/mol. The van der Waals surface area contributed by atoms with Crippen LogP contribution in [0.4, 0.5) is 26.3 Å². The van der Waals surface area contributed by atoms with E-state index in [4.69, 9.17) is 13.0 Å². The monoisotopic (exact) mass is 422 g/mol. The Labute approximate surface area is 117 Å². The van der Waals surface area contributed by atoms with Crippen LogP contribution in [0.25, 0.3) is 0 Å². The number of alkyl halides is 6. The first-order chi connectivity index (χ1) is 8.27. The van der Waals surface area contributed by atoms with E-state index in [1.165, 1.54) is 12.1 Å². The Morgan fingerprint density at radius 1 is 1.00 bits per heavy atom. The van der Waals surface area contributed by atoms with Gasteiger partial charge in [0.1, 0.15) is 0 Å². The Morgan fingerprint density at radius 3 is 1.58 bits per heavy atom. The molecule has 0 aromatic heterocycles. The topological polar surface area (TPSA) is 54.4 Å². The van der Waals surface area contributed by atoms with E-state index in [9.17, 15) is 26.3 Å². The minimum absolute atomic E-state index is 0.234. The highest BCUT2D eigenvalue weighted by Gasteiger charge is 2.44. The highest BCUT2D eigenvalue weighted by Crippen LogP contribution is 2.32. The van der Waals surface area contributed by atoms with Crippen LogP contribution in [0.1, 0.15) is 5.56 Å². The lowest BCUT2D eigenvalue weighted by molar-refractivity contribution is -0.138. The van der Waals surface area contributed by atoms with Crippen LogP contribution >= 0.6 is 22.6 Å². The van der Waals surface area contributed by atoms with Gasteiger partial charge in [0.2, 0.25) is 0 Å². The second kappa shape index (κ2) is 6.26. The fraction of sp³-hybridized carbons (Fsp3) is 0.250. The number of hydrogen-bond acceptors (Lipinski definition) is 2. The molecule has 1 rings (SSSR count). The maximum atomic E-state index is 12.0. The lowest BCUT2D eigenvalue weighted by Gasteiger charge is -2.07. The summed E-state index contributed by atoms with van der Waals surface area (Å²) >= 11 is 1.67. The van der Waals surface area contributed by atoms with Gasteiger partial charge in [0, 0.05) is 3.57 Å². The molecular formula is C8H5F6IO3S. The van der Waals surface area contributed by atoms with Gasteiger partial charge in [-0.3, -0.25) is 4.55 Å². The van der Waals surface area contributed by atoms with Gasteiger partial charge in [0.15, 0.2) is 0 Å². The summed E-state index contributed by atoms with van der Waals surface area (Å²) in [5.74, 6) is 0. The van der Waals surface area contributed by atoms with Gasteiger partial charge >= 0.3 is 21.8 Å². The van der Waals surface area contributed by atoms with Gasteiger partial charge in [-0.2, -0.15) is 34.8 Å². The van der Waals surface area contributed by atoms with Gasteiger partial charge in [-0.05, 0) is 34.7 Å². The molecule has 11 heteroatoms. The predicted molar refractivity (Wildman–Crippen MR) is 61.8 cm³/mol. The van der Waals surface area contributed by atoms with Crippen LogP contribution in [0.5, 0.6) is 0 Å². The van der Waals surface area contributed by atoms with E-state index in [2.05, 4.69) is 0 Å². The quantitative estimate of drug-likeness (QED) is 0.300. The Hall–Kier alpha value is -0.560. The highest BCUT2D eigenvalue weighted by molar-refractivity contribution is 14.1. The van der Waals surface area contributed by atoms with Gasteiger partial charge in [-0.15, -0.1) is 0 Å². The molecule has 0 unspecified atom stereocenters. The number of halogens is 7. The third-order valence-corrected chi connectivity index (χ3v) is 3.00. The van der Waals surface area contributed by atoms with Gasteiger partial charge in [0.25, 0.3) is 0 Å². The summed E-state index contributed by atoms with van der Waals surface area (Å²) in [6.07, 6.45) is -4.22. The molecule has 3 nitrogen and oxygen atoms in total. The molecule has 1 N–H and O–H groups in total. The second-order valence-electron chi connectivity index (χ2n) is 2.90. The second-order valence-corrected chi connectivity index (χ2v) is 5.47. The molecule has 0 amide bonds. The van der Waals surface area contributed by atoms with Crippen LogP contribution in [0.3, 0.4) is 0 Å². The fourth-order valence-electron chi connectivity index (χ4n) is 0.691. The molecule has 0 aliphatic rings. The van der Waals surface area contributed by atoms with E-state index >= 15 is 0 Å². The summed E-state index contributed by atoms with van der Waals surface area (Å²) < 4.78 is 93.9. The zero-order valence-corrected chi connectivity index (χ0v) is 11.6. The van der Waals surface area contributed by atoms with Crippen molar-refractivity contribution in [1.82, 2.24) is 0 Å². The summed E-state index contributed by atoms with van der Waals surface area (Å²) in [6, 6.07) is 5.47. The van der Waals surface area contributed by atoms with Gasteiger partial charge < -0.3 is 0 Å². The average molecular weight is 422 g/mol. The molecule has 0 atom stereocenters. The maximum Gasteiger partial charge on any atom is 0.522 e. The Kier molecular flexibility index (Phi) is 6.08. The van der Waals surface area contributed by atoms with Crippen molar-refractivity contribution in [2.75, 3.05) is 0 Å². The van der Waals surface area contributed by atoms with Crippen LogP contribution < -0.4 is 0 Å². The van der Waals surface area contributed by atoms with E-state index in [-0.39, 0.29) is 3.57 Å². The SMILES string of the molecule is FC(F)(F)c1ccccc1I.O=S(=O)(O)C(F)(F)F. The van der Waals surface area contributed by atoms with Crippen molar-refractivity contribution in [3.8, 4) is 0 Å². The molecule has 0 saturated heterocycles. The lowest BCUT2D eigenvalue weighted by Crippen LogP contribution is -2.21. The number of benzene rings is 1. The van der Waals surface area contributed by atoms with Crippen molar-refractivity contribution in [3.05, 3.63) is 33.4 Å².